The van der Waals surface area contributed by atoms with E-state index in [1.165, 1.54) is 11.3 Å². The molecular weight excluding hydrogens is 308 g/mol. The fourth-order valence-corrected chi connectivity index (χ4v) is 5.49. The molecule has 1 aromatic heterocycles. The largest absolute Gasteiger partial charge is 0.381 e. The van der Waals surface area contributed by atoms with Crippen molar-refractivity contribution in [1.29, 1.82) is 0 Å². The molecule has 0 spiro atoms. The third kappa shape index (κ3) is 2.97. The van der Waals surface area contributed by atoms with E-state index >= 15 is 0 Å². The smallest absolute Gasteiger partial charge is 0.242 e. The van der Waals surface area contributed by atoms with Crippen molar-refractivity contribution < 1.29 is 13.2 Å². The Balaban J connectivity index is 1.93. The average molecular weight is 326 g/mol. The monoisotopic (exact) mass is 326 g/mol. The maximum atomic E-state index is 12.6. The number of benzene rings is 1. The van der Waals surface area contributed by atoms with Gasteiger partial charge in [0.2, 0.25) is 10.0 Å². The molecule has 3 rings (SSSR count). The first kappa shape index (κ1) is 14.9. The molecule has 0 saturated carbocycles. The molecule has 0 bridgehead atoms. The molecule has 2 heterocycles. The average Bonchev–Trinajstić information content (AvgIpc) is 3.12. The molecule has 1 atom stereocenters. The van der Waals surface area contributed by atoms with E-state index in [4.69, 9.17) is 10.5 Å². The number of ether oxygens (including phenoxy) is 1. The quantitative estimate of drug-likeness (QED) is 0.876. The lowest BCUT2D eigenvalue weighted by Crippen LogP contribution is -2.30. The number of nitrogens with two attached hydrogens (primary N) is 1. The predicted molar refractivity (Wildman–Crippen MR) is 83.8 cm³/mol. The normalized spacial score (nSPS) is 19.4. The van der Waals surface area contributed by atoms with E-state index in [0.29, 0.717) is 29.5 Å². The number of nitrogens with one attached hydrogen (secondary N) is 1. The van der Waals surface area contributed by atoms with Gasteiger partial charge in [0.05, 0.1) is 6.61 Å². The molecule has 0 radical (unpaired) electrons. The van der Waals surface area contributed by atoms with E-state index in [9.17, 15) is 8.42 Å². The van der Waals surface area contributed by atoms with Crippen LogP contribution in [0.25, 0.3) is 10.1 Å². The summed E-state index contributed by atoms with van der Waals surface area (Å²) in [5.41, 5.74) is 5.73. The van der Waals surface area contributed by atoms with E-state index < -0.39 is 10.0 Å². The number of hydrogen-bond acceptors (Lipinski definition) is 5. The van der Waals surface area contributed by atoms with Gasteiger partial charge in [-0.3, -0.25) is 0 Å². The lowest BCUT2D eigenvalue weighted by Gasteiger charge is -2.11. The van der Waals surface area contributed by atoms with Gasteiger partial charge in [0.1, 0.15) is 4.90 Å². The van der Waals surface area contributed by atoms with Crippen molar-refractivity contribution in [3.63, 3.8) is 0 Å². The maximum Gasteiger partial charge on any atom is 0.242 e. The van der Waals surface area contributed by atoms with Crippen LogP contribution < -0.4 is 10.5 Å². The molecule has 0 amide bonds. The molecule has 7 heteroatoms. The zero-order valence-corrected chi connectivity index (χ0v) is 13.2. The summed E-state index contributed by atoms with van der Waals surface area (Å²) < 4.78 is 34.2. The van der Waals surface area contributed by atoms with Crippen LogP contribution in [0.2, 0.25) is 0 Å². The highest BCUT2D eigenvalue weighted by Crippen LogP contribution is 2.34. The van der Waals surface area contributed by atoms with Crippen LogP contribution in [0.15, 0.2) is 29.2 Å². The van der Waals surface area contributed by atoms with Crippen molar-refractivity contribution in [2.75, 3.05) is 19.8 Å². The van der Waals surface area contributed by atoms with Gasteiger partial charge in [0.15, 0.2) is 0 Å². The van der Waals surface area contributed by atoms with E-state index in [-0.39, 0.29) is 12.5 Å². The SMILES string of the molecule is NCc1sc2ccccc2c1S(=O)(=O)NCC1CCOC1. The Morgan fingerprint density at radius 2 is 2.19 bits per heavy atom. The number of thiophene rings is 1. The van der Waals surface area contributed by atoms with Crippen LogP contribution in [0.5, 0.6) is 0 Å². The summed E-state index contributed by atoms with van der Waals surface area (Å²) >= 11 is 1.44. The van der Waals surface area contributed by atoms with Crippen molar-refractivity contribution in [3.8, 4) is 0 Å². The summed E-state index contributed by atoms with van der Waals surface area (Å²) in [4.78, 5) is 1.04. The molecule has 1 aliphatic rings. The summed E-state index contributed by atoms with van der Waals surface area (Å²) in [5, 5.41) is 0.748. The highest BCUT2D eigenvalue weighted by atomic mass is 32.2. The van der Waals surface area contributed by atoms with Gasteiger partial charge in [-0.15, -0.1) is 11.3 Å². The Morgan fingerprint density at radius 1 is 1.38 bits per heavy atom. The Hall–Kier alpha value is -0.990. The zero-order chi connectivity index (χ0) is 14.9. The van der Waals surface area contributed by atoms with Crippen molar-refractivity contribution in [1.82, 2.24) is 4.72 Å². The molecule has 1 aromatic carbocycles. The van der Waals surface area contributed by atoms with E-state index in [0.717, 1.165) is 16.5 Å². The van der Waals surface area contributed by atoms with Crippen LogP contribution in [0.1, 0.15) is 11.3 Å². The van der Waals surface area contributed by atoms with E-state index in [1.807, 2.05) is 24.3 Å². The molecule has 1 saturated heterocycles. The maximum absolute atomic E-state index is 12.6. The third-order valence-corrected chi connectivity index (χ3v) is 6.53. The fourth-order valence-electron chi connectivity index (χ4n) is 2.55. The van der Waals surface area contributed by atoms with Gasteiger partial charge in [0, 0.05) is 34.7 Å². The minimum Gasteiger partial charge on any atom is -0.381 e. The van der Waals surface area contributed by atoms with E-state index in [2.05, 4.69) is 4.72 Å². The topological polar surface area (TPSA) is 81.4 Å². The molecular formula is C14H18N2O3S2. The Kier molecular flexibility index (Phi) is 4.28. The minimum absolute atomic E-state index is 0.224. The molecule has 114 valence electrons. The van der Waals surface area contributed by atoms with Crippen LogP contribution in [0.3, 0.4) is 0 Å². The summed E-state index contributed by atoms with van der Waals surface area (Å²) in [6.07, 6.45) is 0.899. The second kappa shape index (κ2) is 6.02. The van der Waals surface area contributed by atoms with Crippen molar-refractivity contribution in [2.45, 2.75) is 17.9 Å². The van der Waals surface area contributed by atoms with Gasteiger partial charge in [0.25, 0.3) is 0 Å². The second-order valence-electron chi connectivity index (χ2n) is 5.14. The molecule has 1 unspecified atom stereocenters. The van der Waals surface area contributed by atoms with Crippen LogP contribution >= 0.6 is 11.3 Å². The zero-order valence-electron chi connectivity index (χ0n) is 11.5. The Labute approximate surface area is 128 Å². The van der Waals surface area contributed by atoms with Gasteiger partial charge in [-0.2, -0.15) is 0 Å². The Bertz CT molecular complexity index is 734. The molecule has 0 aliphatic carbocycles. The van der Waals surface area contributed by atoms with Gasteiger partial charge >= 0.3 is 0 Å². The first-order valence-corrected chi connectivity index (χ1v) is 9.19. The fraction of sp³-hybridized carbons (Fsp3) is 0.429. The molecule has 21 heavy (non-hydrogen) atoms. The number of rotatable bonds is 5. The van der Waals surface area contributed by atoms with Crippen LogP contribution in [-0.2, 0) is 21.3 Å². The van der Waals surface area contributed by atoms with E-state index in [1.54, 1.807) is 0 Å². The Morgan fingerprint density at radius 3 is 2.90 bits per heavy atom. The molecule has 1 aliphatic heterocycles. The number of hydrogen-bond donors (Lipinski definition) is 2. The standard InChI is InChI=1S/C14H18N2O3S2/c15-7-13-14(11-3-1-2-4-12(11)20-13)21(17,18)16-8-10-5-6-19-9-10/h1-4,10,16H,5-9,15H2. The minimum atomic E-state index is -3.55. The highest BCUT2D eigenvalue weighted by molar-refractivity contribution is 7.90. The lowest BCUT2D eigenvalue weighted by atomic mass is 10.1. The van der Waals surface area contributed by atoms with Gasteiger partial charge in [-0.1, -0.05) is 18.2 Å². The van der Waals surface area contributed by atoms with Crippen LogP contribution in [-0.4, -0.2) is 28.2 Å². The molecule has 3 N–H and O–H groups in total. The van der Waals surface area contributed by atoms with Crippen LogP contribution in [0.4, 0.5) is 0 Å². The van der Waals surface area contributed by atoms with Crippen LogP contribution in [0, 0.1) is 5.92 Å². The first-order valence-electron chi connectivity index (χ1n) is 6.89. The van der Waals surface area contributed by atoms with Crippen molar-refractivity contribution in [3.05, 3.63) is 29.1 Å². The summed E-state index contributed by atoms with van der Waals surface area (Å²) in [5.74, 6) is 0.256. The number of fused-ring (bicyclic) bond motifs is 1. The number of sulfonamides is 1. The molecule has 1 fully saturated rings. The summed E-state index contributed by atoms with van der Waals surface area (Å²) in [6.45, 7) is 1.97. The second-order valence-corrected chi connectivity index (χ2v) is 7.98. The van der Waals surface area contributed by atoms with Crippen molar-refractivity contribution >= 4 is 31.4 Å². The third-order valence-electron chi connectivity index (χ3n) is 3.66. The first-order chi connectivity index (χ1) is 10.1. The molecule has 5 nitrogen and oxygen atoms in total. The van der Waals surface area contributed by atoms with Gasteiger partial charge < -0.3 is 10.5 Å². The lowest BCUT2D eigenvalue weighted by molar-refractivity contribution is 0.186. The summed E-state index contributed by atoms with van der Waals surface area (Å²) in [6, 6.07) is 7.50. The van der Waals surface area contributed by atoms with Gasteiger partial charge in [-0.25, -0.2) is 13.1 Å². The van der Waals surface area contributed by atoms with Gasteiger partial charge in [-0.05, 0) is 18.4 Å². The predicted octanol–water partition coefficient (Wildman–Crippen LogP) is 1.67. The summed E-state index contributed by atoms with van der Waals surface area (Å²) in [7, 11) is -3.55. The highest BCUT2D eigenvalue weighted by Gasteiger charge is 2.25. The molecule has 2 aromatic rings. The van der Waals surface area contributed by atoms with Crippen molar-refractivity contribution in [2.24, 2.45) is 11.7 Å².